The van der Waals surface area contributed by atoms with E-state index in [2.05, 4.69) is 25.7 Å². The number of ether oxygens (including phenoxy) is 1. The summed E-state index contributed by atoms with van der Waals surface area (Å²) in [5.41, 5.74) is 2.21. The monoisotopic (exact) mass is 422 g/mol. The summed E-state index contributed by atoms with van der Waals surface area (Å²) in [7, 11) is 1.64. The molecule has 0 saturated carbocycles. The molecule has 30 heavy (non-hydrogen) atoms. The molecule has 3 N–H and O–H groups in total. The molecule has 0 atom stereocenters. The van der Waals surface area contributed by atoms with Crippen LogP contribution in [0.25, 0.3) is 0 Å². The lowest BCUT2D eigenvalue weighted by Crippen LogP contribution is -2.41. The van der Waals surface area contributed by atoms with Crippen molar-refractivity contribution in [2.45, 2.75) is 19.3 Å². The third-order valence-corrected chi connectivity index (χ3v) is 3.98. The average molecular weight is 422 g/mol. The first-order valence-corrected chi connectivity index (χ1v) is 9.37. The average Bonchev–Trinajstić information content (AvgIpc) is 2.74. The molecule has 0 saturated heterocycles. The van der Waals surface area contributed by atoms with Gasteiger partial charge in [0.05, 0.1) is 6.61 Å². The molecule has 0 fully saturated rings. The lowest BCUT2D eigenvalue weighted by Gasteiger charge is -2.13. The number of hydrogen-bond acceptors (Lipinski definition) is 3. The van der Waals surface area contributed by atoms with Crippen molar-refractivity contribution in [1.82, 2.24) is 16.0 Å². The van der Waals surface area contributed by atoms with Gasteiger partial charge in [-0.15, -0.1) is 0 Å². The van der Waals surface area contributed by atoms with E-state index >= 15 is 0 Å². The number of guanidine groups is 1. The topological polar surface area (TPSA) is 74.8 Å². The molecular weight excluding hydrogens is 397 g/mol. The summed E-state index contributed by atoms with van der Waals surface area (Å²) in [4.78, 5) is 16.1. The Kier molecular flexibility index (Phi) is 9.14. The van der Waals surface area contributed by atoms with Crippen LogP contribution in [0.5, 0.6) is 0 Å². The lowest BCUT2D eigenvalue weighted by molar-refractivity contribution is -0.176. The molecule has 162 valence electrons. The third-order valence-electron chi connectivity index (χ3n) is 3.98. The maximum absolute atomic E-state index is 12.1. The molecule has 0 aliphatic carbocycles. The Morgan fingerprint density at radius 2 is 1.57 bits per heavy atom. The SMILES string of the molecule is CN=C(NCCNC(=O)c1ccccc1)NCc1ccc(COCC(F)(F)F)cc1. The van der Waals surface area contributed by atoms with Crippen LogP contribution >= 0.6 is 0 Å². The number of nitrogens with one attached hydrogen (secondary N) is 3. The maximum atomic E-state index is 12.1. The molecule has 0 bridgehead atoms. The zero-order valence-electron chi connectivity index (χ0n) is 16.6. The first kappa shape index (κ1) is 23.2. The Balaban J connectivity index is 1.66. The van der Waals surface area contributed by atoms with Crippen LogP contribution in [-0.2, 0) is 17.9 Å². The first-order valence-electron chi connectivity index (χ1n) is 9.37. The molecule has 1 amide bonds. The van der Waals surface area contributed by atoms with E-state index in [1.165, 1.54) is 0 Å². The second kappa shape index (κ2) is 11.8. The predicted molar refractivity (Wildman–Crippen MR) is 109 cm³/mol. The van der Waals surface area contributed by atoms with Crippen molar-refractivity contribution in [1.29, 1.82) is 0 Å². The van der Waals surface area contributed by atoms with Crippen LogP contribution in [0.2, 0.25) is 0 Å². The second-order valence-electron chi connectivity index (χ2n) is 6.40. The van der Waals surface area contributed by atoms with Gasteiger partial charge in [0.25, 0.3) is 5.91 Å². The van der Waals surface area contributed by atoms with Crippen molar-refractivity contribution < 1.29 is 22.7 Å². The van der Waals surface area contributed by atoms with Gasteiger partial charge in [-0.1, -0.05) is 42.5 Å². The van der Waals surface area contributed by atoms with E-state index in [4.69, 9.17) is 0 Å². The molecule has 0 aromatic heterocycles. The van der Waals surface area contributed by atoms with Gasteiger partial charge in [-0.3, -0.25) is 9.79 Å². The zero-order chi connectivity index (χ0) is 21.8. The van der Waals surface area contributed by atoms with Gasteiger partial charge in [0, 0.05) is 32.2 Å². The summed E-state index contributed by atoms with van der Waals surface area (Å²) in [5.74, 6) is 0.432. The fraction of sp³-hybridized carbons (Fsp3) is 0.333. The zero-order valence-corrected chi connectivity index (χ0v) is 16.6. The van der Waals surface area contributed by atoms with Crippen LogP contribution in [0.15, 0.2) is 59.6 Å². The summed E-state index contributed by atoms with van der Waals surface area (Å²) in [6.45, 7) is 0.0593. The van der Waals surface area contributed by atoms with Crippen molar-refractivity contribution in [3.05, 3.63) is 71.3 Å². The molecular formula is C21H25F3N4O2. The Morgan fingerprint density at radius 3 is 2.20 bits per heavy atom. The fourth-order valence-electron chi connectivity index (χ4n) is 2.49. The number of carbonyl (C=O) groups is 1. The van der Waals surface area contributed by atoms with E-state index in [0.717, 1.165) is 5.56 Å². The van der Waals surface area contributed by atoms with Gasteiger partial charge in [0.1, 0.15) is 6.61 Å². The van der Waals surface area contributed by atoms with Crippen LogP contribution in [-0.4, -0.2) is 44.8 Å². The molecule has 0 spiro atoms. The standard InChI is InChI=1S/C21H25F3N4O2/c1-25-20(27-12-11-26-19(29)18-5-3-2-4-6-18)28-13-16-7-9-17(10-8-16)14-30-15-21(22,23)24/h2-10H,11-15H2,1H3,(H,26,29)(H2,25,27,28). The van der Waals surface area contributed by atoms with Gasteiger partial charge in [0.15, 0.2) is 5.96 Å². The lowest BCUT2D eigenvalue weighted by atomic mass is 10.1. The number of hydrogen-bond donors (Lipinski definition) is 3. The van der Waals surface area contributed by atoms with Crippen molar-refractivity contribution >= 4 is 11.9 Å². The van der Waals surface area contributed by atoms with Gasteiger partial charge >= 0.3 is 6.18 Å². The van der Waals surface area contributed by atoms with Crippen LogP contribution in [0.1, 0.15) is 21.5 Å². The van der Waals surface area contributed by atoms with Crippen LogP contribution in [0.3, 0.4) is 0 Å². The van der Waals surface area contributed by atoms with E-state index in [-0.39, 0.29) is 12.5 Å². The highest BCUT2D eigenvalue weighted by Crippen LogP contribution is 2.15. The fourth-order valence-corrected chi connectivity index (χ4v) is 2.49. The minimum Gasteiger partial charge on any atom is -0.367 e. The van der Waals surface area contributed by atoms with Crippen molar-refractivity contribution in [2.24, 2.45) is 4.99 Å². The predicted octanol–water partition coefficient (Wildman–Crippen LogP) is 2.86. The smallest absolute Gasteiger partial charge is 0.367 e. The van der Waals surface area contributed by atoms with Crippen molar-refractivity contribution in [3.63, 3.8) is 0 Å². The Labute approximate surface area is 173 Å². The Bertz CT molecular complexity index is 809. The quantitative estimate of drug-likeness (QED) is 0.330. The first-order chi connectivity index (χ1) is 14.4. The molecule has 0 heterocycles. The normalized spacial score (nSPS) is 11.8. The molecule has 2 rings (SSSR count). The minimum absolute atomic E-state index is 0.0921. The van der Waals surface area contributed by atoms with Crippen LogP contribution < -0.4 is 16.0 Å². The van der Waals surface area contributed by atoms with E-state index < -0.39 is 12.8 Å². The maximum Gasteiger partial charge on any atom is 0.411 e. The number of alkyl halides is 3. The number of nitrogens with zero attached hydrogens (tertiary/aromatic N) is 1. The van der Waals surface area contributed by atoms with Crippen molar-refractivity contribution in [3.8, 4) is 0 Å². The third kappa shape index (κ3) is 8.95. The summed E-state index contributed by atoms with van der Waals surface area (Å²) < 4.78 is 40.9. The summed E-state index contributed by atoms with van der Waals surface area (Å²) in [5, 5.41) is 9.05. The van der Waals surface area contributed by atoms with Gasteiger partial charge in [-0.25, -0.2) is 0 Å². The second-order valence-corrected chi connectivity index (χ2v) is 6.40. The number of benzene rings is 2. The summed E-state index contributed by atoms with van der Waals surface area (Å²) in [6.07, 6.45) is -4.32. The van der Waals surface area contributed by atoms with Gasteiger partial charge in [-0.05, 0) is 23.3 Å². The molecule has 2 aromatic rings. The summed E-state index contributed by atoms with van der Waals surface area (Å²) >= 11 is 0. The number of carbonyl (C=O) groups excluding carboxylic acids is 1. The highest BCUT2D eigenvalue weighted by molar-refractivity contribution is 5.94. The van der Waals surface area contributed by atoms with Crippen LogP contribution in [0.4, 0.5) is 13.2 Å². The van der Waals surface area contributed by atoms with E-state index in [0.29, 0.717) is 36.7 Å². The molecule has 0 aliphatic heterocycles. The number of amides is 1. The largest absolute Gasteiger partial charge is 0.411 e. The highest BCUT2D eigenvalue weighted by atomic mass is 19.4. The van der Waals surface area contributed by atoms with Gasteiger partial charge in [-0.2, -0.15) is 13.2 Å². The Hall–Kier alpha value is -3.07. The van der Waals surface area contributed by atoms with Crippen LogP contribution in [0, 0.1) is 0 Å². The molecule has 9 heteroatoms. The molecule has 6 nitrogen and oxygen atoms in total. The minimum atomic E-state index is -4.32. The van der Waals surface area contributed by atoms with Crippen molar-refractivity contribution in [2.75, 3.05) is 26.7 Å². The molecule has 0 unspecified atom stereocenters. The highest BCUT2D eigenvalue weighted by Gasteiger charge is 2.27. The van der Waals surface area contributed by atoms with Gasteiger partial charge in [0.2, 0.25) is 0 Å². The Morgan fingerprint density at radius 1 is 0.933 bits per heavy atom. The number of rotatable bonds is 9. The summed E-state index contributed by atoms with van der Waals surface area (Å²) in [6, 6.07) is 16.0. The molecule has 2 aromatic carbocycles. The van der Waals surface area contributed by atoms with E-state index in [9.17, 15) is 18.0 Å². The molecule has 0 aliphatic rings. The molecule has 0 radical (unpaired) electrons. The number of aliphatic imine (C=N–C) groups is 1. The van der Waals surface area contributed by atoms with Gasteiger partial charge < -0.3 is 20.7 Å². The van der Waals surface area contributed by atoms with E-state index in [1.54, 1.807) is 43.4 Å². The number of halogens is 3. The van der Waals surface area contributed by atoms with E-state index in [1.807, 2.05) is 18.2 Å².